The van der Waals surface area contributed by atoms with E-state index in [9.17, 15) is 18.0 Å². The van der Waals surface area contributed by atoms with E-state index >= 15 is 0 Å². The van der Waals surface area contributed by atoms with Gasteiger partial charge < -0.3 is 19.5 Å². The van der Waals surface area contributed by atoms with E-state index in [1.165, 1.54) is 31.0 Å². The zero-order valence-electron chi connectivity index (χ0n) is 19.9. The fraction of sp³-hybridized carbons (Fsp3) is 0.346. The number of thioether (sulfide) groups is 1. The van der Waals surface area contributed by atoms with Gasteiger partial charge in [-0.1, -0.05) is 6.07 Å². The molecule has 0 radical (unpaired) electrons. The van der Waals surface area contributed by atoms with Crippen LogP contribution in [0, 0.1) is 17.2 Å². The van der Waals surface area contributed by atoms with Gasteiger partial charge in [-0.2, -0.15) is 18.4 Å². The van der Waals surface area contributed by atoms with Crippen molar-refractivity contribution >= 4 is 28.9 Å². The molecule has 2 heterocycles. The van der Waals surface area contributed by atoms with E-state index in [2.05, 4.69) is 10.3 Å². The Hall–Kier alpha value is -3.49. The number of methoxy groups -OCH3 is 1. The van der Waals surface area contributed by atoms with Gasteiger partial charge in [0.05, 0.1) is 29.2 Å². The number of nitriles is 1. The van der Waals surface area contributed by atoms with Crippen LogP contribution in [0.1, 0.15) is 36.0 Å². The fourth-order valence-corrected chi connectivity index (χ4v) is 4.77. The summed E-state index contributed by atoms with van der Waals surface area (Å²) in [6.45, 7) is 2.18. The van der Waals surface area contributed by atoms with E-state index in [1.807, 2.05) is 0 Å². The van der Waals surface area contributed by atoms with E-state index in [0.717, 1.165) is 44.6 Å². The summed E-state index contributed by atoms with van der Waals surface area (Å²) >= 11 is 1.23. The second-order valence-electron chi connectivity index (χ2n) is 8.43. The Morgan fingerprint density at radius 3 is 2.65 bits per heavy atom. The summed E-state index contributed by atoms with van der Waals surface area (Å²) in [7, 11) is 1.36. The summed E-state index contributed by atoms with van der Waals surface area (Å²) in [5, 5.41) is 12.2. The molecule has 194 valence electrons. The quantitative estimate of drug-likeness (QED) is 0.457. The first-order valence-electron chi connectivity index (χ1n) is 11.6. The van der Waals surface area contributed by atoms with Crippen LogP contribution in [0.3, 0.4) is 0 Å². The molecule has 2 fully saturated rings. The lowest BCUT2D eigenvalue weighted by Gasteiger charge is -2.20. The van der Waals surface area contributed by atoms with Gasteiger partial charge >= 0.3 is 6.18 Å². The number of aliphatic imine (C=N–C) groups is 1. The van der Waals surface area contributed by atoms with E-state index in [1.54, 1.807) is 24.3 Å². The molecule has 4 rings (SSSR count). The summed E-state index contributed by atoms with van der Waals surface area (Å²) in [5.74, 6) is 0.0870. The number of carbonyl (C=O) groups is 1. The van der Waals surface area contributed by atoms with Gasteiger partial charge in [0.15, 0.2) is 16.7 Å². The molecule has 1 amide bonds. The number of benzene rings is 2. The van der Waals surface area contributed by atoms with Crippen molar-refractivity contribution in [2.24, 2.45) is 10.9 Å². The van der Waals surface area contributed by atoms with Gasteiger partial charge in [-0.15, -0.1) is 0 Å². The molecule has 0 bridgehead atoms. The average Bonchev–Trinajstić information content (AvgIpc) is 3.23. The van der Waals surface area contributed by atoms with Gasteiger partial charge in [0, 0.05) is 19.8 Å². The highest BCUT2D eigenvalue weighted by molar-refractivity contribution is 8.18. The van der Waals surface area contributed by atoms with Crippen molar-refractivity contribution in [1.29, 1.82) is 5.26 Å². The Balaban J connectivity index is 1.47. The molecule has 2 saturated heterocycles. The number of amidine groups is 1. The predicted octanol–water partition coefficient (Wildman–Crippen LogP) is 5.75. The molecule has 11 heteroatoms. The third kappa shape index (κ3) is 6.84. The number of hydrogen-bond donors (Lipinski definition) is 1. The topological polar surface area (TPSA) is 92.9 Å². The van der Waals surface area contributed by atoms with Crippen LogP contribution < -0.4 is 14.8 Å². The highest BCUT2D eigenvalue weighted by Crippen LogP contribution is 2.41. The normalized spacial score (nSPS) is 18.6. The zero-order chi connectivity index (χ0) is 26.4. The van der Waals surface area contributed by atoms with Crippen LogP contribution in [-0.2, 0) is 15.7 Å². The van der Waals surface area contributed by atoms with E-state index < -0.39 is 17.5 Å². The predicted molar refractivity (Wildman–Crippen MR) is 133 cm³/mol. The fourth-order valence-electron chi connectivity index (χ4n) is 3.92. The van der Waals surface area contributed by atoms with E-state index in [-0.39, 0.29) is 23.0 Å². The number of alkyl halides is 3. The van der Waals surface area contributed by atoms with Crippen LogP contribution >= 0.6 is 11.8 Å². The summed E-state index contributed by atoms with van der Waals surface area (Å²) in [4.78, 5) is 17.4. The number of nitrogens with zero attached hydrogens (tertiary/aromatic N) is 2. The van der Waals surface area contributed by atoms with Gasteiger partial charge in [-0.25, -0.2) is 0 Å². The van der Waals surface area contributed by atoms with E-state index in [0.29, 0.717) is 28.1 Å². The van der Waals surface area contributed by atoms with Gasteiger partial charge in [-0.05, 0) is 78.9 Å². The Kier molecular flexibility index (Phi) is 8.41. The largest absolute Gasteiger partial charge is 0.493 e. The third-order valence-electron chi connectivity index (χ3n) is 5.90. The maximum absolute atomic E-state index is 13.5. The monoisotopic (exact) mass is 531 g/mol. The lowest BCUT2D eigenvalue weighted by atomic mass is 9.97. The van der Waals surface area contributed by atoms with Crippen molar-refractivity contribution in [3.63, 3.8) is 0 Å². The summed E-state index contributed by atoms with van der Waals surface area (Å²) in [5.41, 5.74) is -0.601. The molecule has 0 aliphatic carbocycles. The van der Waals surface area contributed by atoms with Crippen LogP contribution in [0.2, 0.25) is 0 Å². The summed E-state index contributed by atoms with van der Waals surface area (Å²) in [6.07, 6.45) is -0.0666. The van der Waals surface area contributed by atoms with Crippen molar-refractivity contribution in [3.05, 3.63) is 58.0 Å². The van der Waals surface area contributed by atoms with Gasteiger partial charge in [0.25, 0.3) is 5.91 Å². The minimum atomic E-state index is -4.71. The molecule has 7 nitrogen and oxygen atoms in total. The van der Waals surface area contributed by atoms with E-state index in [4.69, 9.17) is 19.5 Å². The maximum Gasteiger partial charge on any atom is 0.420 e. The molecule has 0 atom stereocenters. The van der Waals surface area contributed by atoms with Crippen molar-refractivity contribution in [3.8, 4) is 23.3 Å². The number of ether oxygens (including phenoxy) is 3. The molecule has 2 aromatic rings. The molecule has 37 heavy (non-hydrogen) atoms. The van der Waals surface area contributed by atoms with Gasteiger partial charge in [-0.3, -0.25) is 9.79 Å². The van der Waals surface area contributed by atoms with Crippen LogP contribution in [0.25, 0.3) is 6.08 Å². The van der Waals surface area contributed by atoms with Crippen LogP contribution in [-0.4, -0.2) is 37.9 Å². The highest BCUT2D eigenvalue weighted by atomic mass is 32.2. The Labute approximate surface area is 216 Å². The minimum Gasteiger partial charge on any atom is -0.493 e. The molecule has 1 N–H and O–H groups in total. The van der Waals surface area contributed by atoms with Crippen LogP contribution in [0.5, 0.6) is 17.2 Å². The van der Waals surface area contributed by atoms with Crippen LogP contribution in [0.4, 0.5) is 13.2 Å². The maximum atomic E-state index is 13.5. The standard InChI is InChI=1S/C26H24F3N3O4S/c1-34-22-13-17(2-5-21(22)36-20-4-3-18(15-30)12-19(20)26(27,28)29)14-23-24(33)32-25(37-23)31-9-6-16-7-10-35-11-8-16/h2-5,12-14,16H,6-11H2,1H3,(H,31,32,33)/b23-14-. The molecule has 0 unspecified atom stereocenters. The number of nitrogens with one attached hydrogen (secondary N) is 1. The number of carbonyl (C=O) groups excluding carboxylic acids is 1. The number of halogens is 3. The molecule has 0 spiro atoms. The van der Waals surface area contributed by atoms with Crippen molar-refractivity contribution in [1.82, 2.24) is 5.32 Å². The molecule has 2 aliphatic rings. The summed E-state index contributed by atoms with van der Waals surface area (Å²) < 4.78 is 56.7. The first-order valence-corrected chi connectivity index (χ1v) is 12.4. The first kappa shape index (κ1) is 26.6. The summed E-state index contributed by atoms with van der Waals surface area (Å²) in [6, 6.07) is 9.40. The van der Waals surface area contributed by atoms with Gasteiger partial charge in [0.1, 0.15) is 5.75 Å². The number of rotatable bonds is 7. The third-order valence-corrected chi connectivity index (χ3v) is 6.85. The molecule has 2 aromatic carbocycles. The highest BCUT2D eigenvalue weighted by Gasteiger charge is 2.35. The molecule has 0 saturated carbocycles. The lowest BCUT2D eigenvalue weighted by Crippen LogP contribution is -2.20. The van der Waals surface area contributed by atoms with Crippen LogP contribution in [0.15, 0.2) is 46.3 Å². The first-order chi connectivity index (χ1) is 17.8. The average molecular weight is 532 g/mol. The molecular formula is C26H24F3N3O4S. The molecule has 2 aliphatic heterocycles. The second kappa shape index (κ2) is 11.7. The Morgan fingerprint density at radius 1 is 1.19 bits per heavy atom. The van der Waals surface area contributed by atoms with Crippen molar-refractivity contribution in [2.45, 2.75) is 25.4 Å². The smallest absolute Gasteiger partial charge is 0.420 e. The lowest BCUT2D eigenvalue weighted by molar-refractivity contribution is -0.138. The SMILES string of the molecule is COc1cc(/C=C2\SC(=NCCC3CCOCC3)NC2=O)ccc1Oc1ccc(C#N)cc1C(F)(F)F. The van der Waals surface area contributed by atoms with Gasteiger partial charge in [0.2, 0.25) is 0 Å². The number of hydrogen-bond acceptors (Lipinski definition) is 7. The molecule has 0 aromatic heterocycles. The zero-order valence-corrected chi connectivity index (χ0v) is 20.7. The minimum absolute atomic E-state index is 0.0544. The Morgan fingerprint density at radius 2 is 1.95 bits per heavy atom. The Bertz CT molecular complexity index is 1260. The second-order valence-corrected chi connectivity index (χ2v) is 9.46. The van der Waals surface area contributed by atoms with Crippen molar-refractivity contribution < 1.29 is 32.2 Å². The number of amides is 1. The van der Waals surface area contributed by atoms with Crippen molar-refractivity contribution in [2.75, 3.05) is 26.9 Å². The molecular weight excluding hydrogens is 507 g/mol.